The van der Waals surface area contributed by atoms with Crippen LogP contribution in [0.5, 0.6) is 0 Å². The highest BCUT2D eigenvalue weighted by molar-refractivity contribution is 5.18. The van der Waals surface area contributed by atoms with Gasteiger partial charge in [0.25, 0.3) is 0 Å². The third kappa shape index (κ3) is 4.88. The zero-order valence-corrected chi connectivity index (χ0v) is 11.4. The van der Waals surface area contributed by atoms with Crippen molar-refractivity contribution in [2.75, 3.05) is 27.2 Å². The van der Waals surface area contributed by atoms with Crippen molar-refractivity contribution in [3.63, 3.8) is 0 Å². The molecule has 1 atom stereocenters. The molecule has 17 heavy (non-hydrogen) atoms. The molecule has 0 saturated heterocycles. The van der Waals surface area contributed by atoms with Gasteiger partial charge >= 0.3 is 0 Å². The Labute approximate surface area is 106 Å². The van der Waals surface area contributed by atoms with E-state index in [2.05, 4.69) is 54.5 Å². The van der Waals surface area contributed by atoms with Crippen LogP contribution < -0.4 is 5.32 Å². The predicted molar refractivity (Wildman–Crippen MR) is 75.3 cm³/mol. The summed E-state index contributed by atoms with van der Waals surface area (Å²) < 4.78 is 0. The van der Waals surface area contributed by atoms with E-state index in [1.165, 1.54) is 24.8 Å². The van der Waals surface area contributed by atoms with Gasteiger partial charge in [-0.15, -0.1) is 0 Å². The minimum absolute atomic E-state index is 0.568. The van der Waals surface area contributed by atoms with E-state index in [4.69, 9.17) is 0 Å². The third-order valence-corrected chi connectivity index (χ3v) is 3.22. The first-order valence-corrected chi connectivity index (χ1v) is 6.69. The number of rotatable bonds is 8. The van der Waals surface area contributed by atoms with Crippen molar-refractivity contribution in [2.45, 2.75) is 32.2 Å². The lowest BCUT2D eigenvalue weighted by Crippen LogP contribution is -2.27. The van der Waals surface area contributed by atoms with Crippen molar-refractivity contribution in [2.24, 2.45) is 0 Å². The van der Waals surface area contributed by atoms with E-state index >= 15 is 0 Å². The Morgan fingerprint density at radius 3 is 2.53 bits per heavy atom. The minimum Gasteiger partial charge on any atom is -0.320 e. The van der Waals surface area contributed by atoms with Crippen LogP contribution in [0.3, 0.4) is 0 Å². The summed E-state index contributed by atoms with van der Waals surface area (Å²) in [4.78, 5) is 2.48. The summed E-state index contributed by atoms with van der Waals surface area (Å²) in [5.41, 5.74) is 1.45. The van der Waals surface area contributed by atoms with E-state index in [0.29, 0.717) is 6.04 Å². The molecule has 0 bridgehead atoms. The highest BCUT2D eigenvalue weighted by Gasteiger charge is 2.14. The van der Waals surface area contributed by atoms with Gasteiger partial charge in [-0.25, -0.2) is 0 Å². The van der Waals surface area contributed by atoms with E-state index in [0.717, 1.165) is 13.1 Å². The first-order valence-electron chi connectivity index (χ1n) is 6.69. The Morgan fingerprint density at radius 2 is 1.94 bits per heavy atom. The lowest BCUT2D eigenvalue weighted by Gasteiger charge is -2.28. The molecule has 1 unspecified atom stereocenters. The maximum Gasteiger partial charge on any atom is 0.0344 e. The van der Waals surface area contributed by atoms with Gasteiger partial charge in [0.15, 0.2) is 0 Å². The van der Waals surface area contributed by atoms with E-state index in [-0.39, 0.29) is 0 Å². The van der Waals surface area contributed by atoms with E-state index in [9.17, 15) is 0 Å². The molecule has 96 valence electrons. The molecule has 0 aliphatic carbocycles. The maximum atomic E-state index is 3.21. The van der Waals surface area contributed by atoms with Gasteiger partial charge in [0, 0.05) is 6.04 Å². The van der Waals surface area contributed by atoms with Crippen molar-refractivity contribution < 1.29 is 0 Å². The summed E-state index contributed by atoms with van der Waals surface area (Å²) in [5, 5.41) is 3.21. The lowest BCUT2D eigenvalue weighted by molar-refractivity contribution is 0.229. The molecule has 0 fully saturated rings. The van der Waals surface area contributed by atoms with Crippen molar-refractivity contribution in [1.82, 2.24) is 10.2 Å². The van der Waals surface area contributed by atoms with Crippen molar-refractivity contribution in [1.29, 1.82) is 0 Å². The van der Waals surface area contributed by atoms with Crippen LogP contribution in [0.25, 0.3) is 0 Å². The fraction of sp³-hybridized carbons (Fsp3) is 0.600. The average molecular weight is 234 g/mol. The highest BCUT2D eigenvalue weighted by Crippen LogP contribution is 2.24. The monoisotopic (exact) mass is 234 g/mol. The largest absolute Gasteiger partial charge is 0.320 e. The van der Waals surface area contributed by atoms with Crippen LogP contribution in [-0.4, -0.2) is 32.1 Å². The maximum absolute atomic E-state index is 3.21. The Hall–Kier alpha value is -0.860. The molecule has 0 aromatic heterocycles. The zero-order chi connectivity index (χ0) is 12.5. The number of nitrogens with one attached hydrogen (secondary N) is 1. The first kappa shape index (κ1) is 14.2. The molecule has 0 aliphatic heterocycles. The molecular weight excluding hydrogens is 208 g/mol. The standard InChI is InChI=1S/C15H26N2/c1-4-9-15(14-10-6-5-7-11-14)17(3)13-8-12-16-2/h5-7,10-11,15-16H,4,8-9,12-13H2,1-3H3. The van der Waals surface area contributed by atoms with Gasteiger partial charge in [-0.05, 0) is 45.6 Å². The van der Waals surface area contributed by atoms with Crippen LogP contribution in [0.1, 0.15) is 37.8 Å². The van der Waals surface area contributed by atoms with E-state index < -0.39 is 0 Å². The fourth-order valence-electron chi connectivity index (χ4n) is 2.25. The summed E-state index contributed by atoms with van der Waals surface area (Å²) in [6.45, 7) is 4.51. The minimum atomic E-state index is 0.568. The van der Waals surface area contributed by atoms with Crippen molar-refractivity contribution >= 4 is 0 Å². The molecule has 1 N–H and O–H groups in total. The Bertz CT molecular complexity index is 284. The molecule has 0 saturated carbocycles. The molecule has 0 amide bonds. The molecule has 0 radical (unpaired) electrons. The highest BCUT2D eigenvalue weighted by atomic mass is 15.1. The third-order valence-electron chi connectivity index (χ3n) is 3.22. The molecule has 0 heterocycles. The Morgan fingerprint density at radius 1 is 1.24 bits per heavy atom. The van der Waals surface area contributed by atoms with Gasteiger partial charge in [-0.1, -0.05) is 43.7 Å². The normalized spacial score (nSPS) is 12.9. The number of hydrogen-bond donors (Lipinski definition) is 1. The van der Waals surface area contributed by atoms with Crippen LogP contribution in [0.15, 0.2) is 30.3 Å². The second-order valence-corrected chi connectivity index (χ2v) is 4.65. The van der Waals surface area contributed by atoms with Crippen LogP contribution in [0.2, 0.25) is 0 Å². The molecule has 1 aromatic rings. The van der Waals surface area contributed by atoms with Crippen LogP contribution in [0.4, 0.5) is 0 Å². The summed E-state index contributed by atoms with van der Waals surface area (Å²) in [6.07, 6.45) is 3.68. The number of benzene rings is 1. The van der Waals surface area contributed by atoms with Crippen LogP contribution >= 0.6 is 0 Å². The summed E-state index contributed by atoms with van der Waals surface area (Å²) in [5.74, 6) is 0. The van der Waals surface area contributed by atoms with Gasteiger partial charge < -0.3 is 5.32 Å². The molecule has 1 aromatic carbocycles. The molecule has 2 nitrogen and oxygen atoms in total. The smallest absolute Gasteiger partial charge is 0.0344 e. The van der Waals surface area contributed by atoms with Crippen LogP contribution in [-0.2, 0) is 0 Å². The molecule has 0 aliphatic rings. The van der Waals surface area contributed by atoms with Crippen molar-refractivity contribution in [3.8, 4) is 0 Å². The second-order valence-electron chi connectivity index (χ2n) is 4.65. The fourth-order valence-corrected chi connectivity index (χ4v) is 2.25. The van der Waals surface area contributed by atoms with E-state index in [1.54, 1.807) is 0 Å². The zero-order valence-electron chi connectivity index (χ0n) is 11.4. The molecule has 1 rings (SSSR count). The summed E-state index contributed by atoms with van der Waals surface area (Å²) in [7, 11) is 4.25. The molecule has 0 spiro atoms. The van der Waals surface area contributed by atoms with Gasteiger partial charge in [0.2, 0.25) is 0 Å². The Balaban J connectivity index is 2.58. The topological polar surface area (TPSA) is 15.3 Å². The predicted octanol–water partition coefficient (Wildman–Crippen LogP) is 3.07. The summed E-state index contributed by atoms with van der Waals surface area (Å²) >= 11 is 0. The SMILES string of the molecule is CCCC(c1ccccc1)N(C)CCCNC. The number of hydrogen-bond acceptors (Lipinski definition) is 2. The van der Waals surface area contributed by atoms with Gasteiger partial charge in [0.1, 0.15) is 0 Å². The first-order chi connectivity index (χ1) is 8.29. The summed E-state index contributed by atoms with van der Waals surface area (Å²) in [6, 6.07) is 11.4. The van der Waals surface area contributed by atoms with E-state index in [1.807, 2.05) is 7.05 Å². The van der Waals surface area contributed by atoms with Gasteiger partial charge in [0.05, 0.1) is 0 Å². The van der Waals surface area contributed by atoms with Gasteiger partial charge in [-0.2, -0.15) is 0 Å². The Kier molecular flexibility index (Phi) is 6.90. The van der Waals surface area contributed by atoms with Crippen LogP contribution in [0, 0.1) is 0 Å². The molecular formula is C15H26N2. The number of nitrogens with zero attached hydrogens (tertiary/aromatic N) is 1. The van der Waals surface area contributed by atoms with Crippen molar-refractivity contribution in [3.05, 3.63) is 35.9 Å². The average Bonchev–Trinajstić information content (AvgIpc) is 2.37. The second kappa shape index (κ2) is 8.26. The lowest BCUT2D eigenvalue weighted by atomic mass is 10.0. The molecule has 2 heteroatoms. The quantitative estimate of drug-likeness (QED) is 0.695. The van der Waals surface area contributed by atoms with Gasteiger partial charge in [-0.3, -0.25) is 4.90 Å².